The van der Waals surface area contributed by atoms with Gasteiger partial charge in [0.25, 0.3) is 0 Å². The van der Waals surface area contributed by atoms with Gasteiger partial charge in [-0.1, -0.05) is 18.9 Å². The SMILES string of the molecule is CN1CCN(c2ccc(NC(=O)N(S)c3cc(-c4c(F)cccc4F)[nH]n3)cc2)CC1. The summed E-state index contributed by atoms with van der Waals surface area (Å²) in [7, 11) is 2.11. The van der Waals surface area contributed by atoms with E-state index in [9.17, 15) is 13.6 Å². The summed E-state index contributed by atoms with van der Waals surface area (Å²) < 4.78 is 28.9. The highest BCUT2D eigenvalue weighted by Crippen LogP contribution is 2.28. The fourth-order valence-corrected chi connectivity index (χ4v) is 3.56. The molecule has 0 saturated carbocycles. The predicted octanol–water partition coefficient (Wildman–Crippen LogP) is 3.99. The summed E-state index contributed by atoms with van der Waals surface area (Å²) in [4.78, 5) is 17.1. The molecule has 2 N–H and O–H groups in total. The Morgan fingerprint density at radius 3 is 2.39 bits per heavy atom. The number of piperazine rings is 1. The van der Waals surface area contributed by atoms with E-state index in [-0.39, 0.29) is 17.1 Å². The van der Waals surface area contributed by atoms with Gasteiger partial charge in [0.15, 0.2) is 5.82 Å². The average molecular weight is 445 g/mol. The third kappa shape index (κ3) is 4.64. The van der Waals surface area contributed by atoms with E-state index in [1.54, 1.807) is 0 Å². The number of benzene rings is 2. The van der Waals surface area contributed by atoms with Crippen molar-refractivity contribution in [2.45, 2.75) is 0 Å². The quantitative estimate of drug-likeness (QED) is 0.533. The number of likely N-dealkylation sites (N-methyl/N-ethyl adjacent to an activating group) is 1. The monoisotopic (exact) mass is 444 g/mol. The first-order chi connectivity index (χ1) is 14.9. The van der Waals surface area contributed by atoms with Crippen molar-refractivity contribution < 1.29 is 13.6 Å². The zero-order valence-electron chi connectivity index (χ0n) is 16.8. The summed E-state index contributed by atoms with van der Waals surface area (Å²) >= 11 is 4.17. The second-order valence-corrected chi connectivity index (χ2v) is 7.72. The Bertz CT molecular complexity index is 1050. The number of aromatic amines is 1. The molecule has 4 rings (SSSR count). The Hall–Kier alpha value is -3.11. The Balaban J connectivity index is 1.42. The number of hydrogen-bond acceptors (Lipinski definition) is 5. The van der Waals surface area contributed by atoms with E-state index >= 15 is 0 Å². The van der Waals surface area contributed by atoms with Crippen molar-refractivity contribution in [1.82, 2.24) is 15.1 Å². The van der Waals surface area contributed by atoms with Gasteiger partial charge in [0.05, 0.1) is 11.3 Å². The number of rotatable bonds is 4. The van der Waals surface area contributed by atoms with Crippen LogP contribution in [0.3, 0.4) is 0 Å². The van der Waals surface area contributed by atoms with Crippen LogP contribution in [-0.2, 0) is 0 Å². The summed E-state index contributed by atoms with van der Waals surface area (Å²) in [6.45, 7) is 3.93. The van der Waals surface area contributed by atoms with Gasteiger partial charge in [0.2, 0.25) is 0 Å². The molecule has 2 heterocycles. The van der Waals surface area contributed by atoms with Crippen molar-refractivity contribution in [3.05, 3.63) is 60.2 Å². The molecule has 0 aliphatic carbocycles. The third-order valence-corrected chi connectivity index (χ3v) is 5.58. The van der Waals surface area contributed by atoms with Crippen LogP contribution in [0.4, 0.5) is 30.8 Å². The van der Waals surface area contributed by atoms with Crippen LogP contribution in [-0.4, -0.2) is 54.4 Å². The number of aromatic nitrogens is 2. The molecule has 1 aliphatic rings. The molecule has 0 radical (unpaired) electrons. The van der Waals surface area contributed by atoms with Gasteiger partial charge in [-0.15, -0.1) is 0 Å². The minimum atomic E-state index is -0.731. The maximum Gasteiger partial charge on any atom is 0.337 e. The first-order valence-electron chi connectivity index (χ1n) is 9.75. The number of carbonyl (C=O) groups excluding carboxylic acids is 1. The van der Waals surface area contributed by atoms with Gasteiger partial charge in [0.1, 0.15) is 11.6 Å². The number of thiol groups is 1. The van der Waals surface area contributed by atoms with Crippen LogP contribution < -0.4 is 14.5 Å². The zero-order valence-corrected chi connectivity index (χ0v) is 17.7. The fraction of sp³-hybridized carbons (Fsp3) is 0.238. The molecule has 1 fully saturated rings. The molecular formula is C21H22F2N6OS. The van der Waals surface area contributed by atoms with Gasteiger partial charge in [-0.3, -0.25) is 5.10 Å². The Morgan fingerprint density at radius 1 is 1.10 bits per heavy atom. The minimum absolute atomic E-state index is 0.104. The van der Waals surface area contributed by atoms with Gasteiger partial charge in [-0.25, -0.2) is 17.9 Å². The molecule has 7 nitrogen and oxygen atoms in total. The second-order valence-electron chi connectivity index (χ2n) is 7.32. The molecule has 31 heavy (non-hydrogen) atoms. The van der Waals surface area contributed by atoms with E-state index in [0.29, 0.717) is 5.69 Å². The highest BCUT2D eigenvalue weighted by molar-refractivity contribution is 7.82. The summed E-state index contributed by atoms with van der Waals surface area (Å²) in [5, 5.41) is 9.21. The van der Waals surface area contributed by atoms with E-state index in [4.69, 9.17) is 0 Å². The molecule has 10 heteroatoms. The van der Waals surface area contributed by atoms with Gasteiger partial charge in [0, 0.05) is 43.6 Å². The van der Waals surface area contributed by atoms with E-state index in [2.05, 4.69) is 45.2 Å². The summed E-state index contributed by atoms with van der Waals surface area (Å²) in [6.07, 6.45) is 0. The van der Waals surface area contributed by atoms with Crippen molar-refractivity contribution in [2.24, 2.45) is 0 Å². The number of halogens is 2. The van der Waals surface area contributed by atoms with Crippen LogP contribution in [0.1, 0.15) is 0 Å². The number of nitrogens with one attached hydrogen (secondary N) is 2. The van der Waals surface area contributed by atoms with Crippen LogP contribution in [0.15, 0.2) is 48.5 Å². The van der Waals surface area contributed by atoms with E-state index in [1.807, 2.05) is 24.3 Å². The zero-order chi connectivity index (χ0) is 22.0. The molecule has 162 valence electrons. The lowest BCUT2D eigenvalue weighted by Crippen LogP contribution is -2.44. The molecule has 0 unspecified atom stereocenters. The Morgan fingerprint density at radius 2 is 1.74 bits per heavy atom. The average Bonchev–Trinajstić information content (AvgIpc) is 3.24. The topological polar surface area (TPSA) is 67.5 Å². The smallest absolute Gasteiger partial charge is 0.337 e. The number of hydrogen-bond donors (Lipinski definition) is 3. The minimum Gasteiger partial charge on any atom is -0.369 e. The van der Waals surface area contributed by atoms with Crippen molar-refractivity contribution in [3.63, 3.8) is 0 Å². The van der Waals surface area contributed by atoms with Crippen molar-refractivity contribution in [2.75, 3.05) is 47.7 Å². The van der Waals surface area contributed by atoms with E-state index < -0.39 is 17.7 Å². The van der Waals surface area contributed by atoms with Crippen LogP contribution in [0.25, 0.3) is 11.3 Å². The van der Waals surface area contributed by atoms with Crippen molar-refractivity contribution in [3.8, 4) is 11.3 Å². The predicted molar refractivity (Wildman–Crippen MR) is 121 cm³/mol. The third-order valence-electron chi connectivity index (χ3n) is 5.19. The summed E-state index contributed by atoms with van der Waals surface area (Å²) in [6, 6.07) is 11.9. The number of H-pyrrole nitrogens is 1. The van der Waals surface area contributed by atoms with Crippen molar-refractivity contribution >= 4 is 36.0 Å². The first kappa shape index (κ1) is 21.1. The van der Waals surface area contributed by atoms with E-state index in [1.165, 1.54) is 12.1 Å². The maximum absolute atomic E-state index is 14.0. The van der Waals surface area contributed by atoms with Gasteiger partial charge in [-0.2, -0.15) is 5.10 Å². The summed E-state index contributed by atoms with van der Waals surface area (Å²) in [5.41, 5.74) is 1.55. The van der Waals surface area contributed by atoms with E-state index in [0.717, 1.165) is 48.3 Å². The lowest BCUT2D eigenvalue weighted by molar-refractivity contribution is 0.260. The highest BCUT2D eigenvalue weighted by atomic mass is 32.1. The van der Waals surface area contributed by atoms with Crippen LogP contribution in [0, 0.1) is 11.6 Å². The normalized spacial score (nSPS) is 14.5. The van der Waals surface area contributed by atoms with Gasteiger partial charge < -0.3 is 15.1 Å². The fourth-order valence-electron chi connectivity index (χ4n) is 3.40. The standard InChI is InChI=1S/C21H22F2N6OS/c1-27-9-11-28(12-10-27)15-7-5-14(6-8-15)24-21(30)29(31)19-13-18(25-26-19)20-16(22)3-2-4-17(20)23/h2-8,13,31H,9-12H2,1H3,(H,24,30)(H,25,26). The van der Waals surface area contributed by atoms with Crippen LogP contribution >= 0.6 is 12.8 Å². The van der Waals surface area contributed by atoms with Gasteiger partial charge >= 0.3 is 6.03 Å². The number of amides is 2. The molecule has 1 saturated heterocycles. The van der Waals surface area contributed by atoms with Crippen LogP contribution in [0.5, 0.6) is 0 Å². The Kier molecular flexibility index (Phi) is 6.10. The molecule has 0 spiro atoms. The number of anilines is 3. The van der Waals surface area contributed by atoms with Crippen LogP contribution in [0.2, 0.25) is 0 Å². The molecule has 2 aromatic carbocycles. The first-order valence-corrected chi connectivity index (χ1v) is 10.2. The van der Waals surface area contributed by atoms with Crippen molar-refractivity contribution in [1.29, 1.82) is 0 Å². The maximum atomic E-state index is 14.0. The van der Waals surface area contributed by atoms with Gasteiger partial charge in [-0.05, 0) is 43.4 Å². The highest BCUT2D eigenvalue weighted by Gasteiger charge is 2.19. The largest absolute Gasteiger partial charge is 0.369 e. The lowest BCUT2D eigenvalue weighted by atomic mass is 10.1. The molecule has 0 atom stereocenters. The molecule has 0 bridgehead atoms. The molecular weight excluding hydrogens is 422 g/mol. The Labute approximate surface area is 184 Å². The molecule has 2 amide bonds. The molecule has 1 aliphatic heterocycles. The molecule has 3 aromatic rings. The number of carbonyl (C=O) groups is 1. The summed E-state index contributed by atoms with van der Waals surface area (Å²) in [5.74, 6) is -1.36. The number of urea groups is 1. The lowest BCUT2D eigenvalue weighted by Gasteiger charge is -2.34. The number of nitrogens with zero attached hydrogens (tertiary/aromatic N) is 4. The molecule has 1 aromatic heterocycles. The second kappa shape index (κ2) is 8.94.